The summed E-state index contributed by atoms with van der Waals surface area (Å²) in [5.41, 5.74) is 0.488. The second-order valence-electron chi connectivity index (χ2n) is 8.65. The highest BCUT2D eigenvalue weighted by Gasteiger charge is 2.44. The maximum atomic E-state index is 3.98. The van der Waals surface area contributed by atoms with Gasteiger partial charge in [-0.05, 0) is 56.3 Å². The van der Waals surface area contributed by atoms with E-state index < -0.39 is 0 Å². The van der Waals surface area contributed by atoms with Gasteiger partial charge in [-0.1, -0.05) is 32.6 Å². The summed E-state index contributed by atoms with van der Waals surface area (Å²) in [6.45, 7) is 6.40. The van der Waals surface area contributed by atoms with E-state index in [2.05, 4.69) is 17.1 Å². The second kappa shape index (κ2) is 5.85. The molecule has 0 aromatic rings. The van der Waals surface area contributed by atoms with Gasteiger partial charge in [-0.3, -0.25) is 4.90 Å². The van der Waals surface area contributed by atoms with E-state index >= 15 is 0 Å². The first-order chi connectivity index (χ1) is 10.3. The summed E-state index contributed by atoms with van der Waals surface area (Å²) in [5.74, 6) is 3.23. The third kappa shape index (κ3) is 2.79. The van der Waals surface area contributed by atoms with Gasteiger partial charge in [-0.2, -0.15) is 0 Å². The maximum absolute atomic E-state index is 3.98. The topological polar surface area (TPSA) is 15.3 Å². The van der Waals surface area contributed by atoms with Gasteiger partial charge in [0.15, 0.2) is 0 Å². The molecular formula is C19H34N2. The number of fused-ring (bicyclic) bond motifs is 2. The van der Waals surface area contributed by atoms with Gasteiger partial charge in [-0.25, -0.2) is 0 Å². The molecule has 2 nitrogen and oxygen atoms in total. The van der Waals surface area contributed by atoms with E-state index in [9.17, 15) is 0 Å². The van der Waals surface area contributed by atoms with Crippen LogP contribution in [0.4, 0.5) is 0 Å². The summed E-state index contributed by atoms with van der Waals surface area (Å²) in [4.78, 5) is 2.92. The first-order valence-corrected chi connectivity index (χ1v) is 9.77. The summed E-state index contributed by atoms with van der Waals surface area (Å²) in [5, 5.41) is 3.98. The van der Waals surface area contributed by atoms with Crippen molar-refractivity contribution in [1.82, 2.24) is 10.2 Å². The average molecular weight is 290 g/mol. The van der Waals surface area contributed by atoms with Gasteiger partial charge in [0.2, 0.25) is 0 Å². The molecule has 2 heteroatoms. The molecule has 4 atom stereocenters. The van der Waals surface area contributed by atoms with Crippen LogP contribution in [0.1, 0.15) is 71.1 Å². The van der Waals surface area contributed by atoms with Gasteiger partial charge in [0.25, 0.3) is 0 Å². The first kappa shape index (κ1) is 14.5. The summed E-state index contributed by atoms with van der Waals surface area (Å²) >= 11 is 0. The van der Waals surface area contributed by atoms with Gasteiger partial charge in [0.1, 0.15) is 0 Å². The zero-order valence-corrected chi connectivity index (χ0v) is 13.9. The third-order valence-electron chi connectivity index (χ3n) is 7.37. The molecule has 0 aromatic carbocycles. The fraction of sp³-hybridized carbons (Fsp3) is 1.00. The number of rotatable bonds is 3. The van der Waals surface area contributed by atoms with Gasteiger partial charge >= 0.3 is 0 Å². The number of piperazine rings is 1. The molecule has 0 amide bonds. The lowest BCUT2D eigenvalue weighted by atomic mass is 9.78. The van der Waals surface area contributed by atoms with Gasteiger partial charge in [0.05, 0.1) is 0 Å². The first-order valence-electron chi connectivity index (χ1n) is 9.77. The molecule has 1 aliphatic heterocycles. The minimum Gasteiger partial charge on any atom is -0.308 e. The molecule has 0 radical (unpaired) electrons. The normalized spacial score (nSPS) is 42.7. The predicted molar refractivity (Wildman–Crippen MR) is 88.4 cm³/mol. The molecule has 4 aliphatic rings. The predicted octanol–water partition coefficient (Wildman–Crippen LogP) is 3.81. The lowest BCUT2D eigenvalue weighted by molar-refractivity contribution is 0.0357. The van der Waals surface area contributed by atoms with Crippen LogP contribution in [-0.2, 0) is 0 Å². The monoisotopic (exact) mass is 290 g/mol. The molecule has 1 N–H and O–H groups in total. The Balaban J connectivity index is 1.42. The molecular weight excluding hydrogens is 256 g/mol. The van der Waals surface area contributed by atoms with Crippen LogP contribution in [0.15, 0.2) is 0 Å². The van der Waals surface area contributed by atoms with Crippen molar-refractivity contribution < 1.29 is 0 Å². The zero-order chi connectivity index (χ0) is 14.3. The zero-order valence-electron chi connectivity index (χ0n) is 13.9. The summed E-state index contributed by atoms with van der Waals surface area (Å²) < 4.78 is 0. The lowest BCUT2D eigenvalue weighted by Crippen LogP contribution is -2.65. The number of hydrogen-bond donors (Lipinski definition) is 1. The van der Waals surface area contributed by atoms with Crippen molar-refractivity contribution in [2.45, 2.75) is 82.7 Å². The van der Waals surface area contributed by atoms with Gasteiger partial charge < -0.3 is 5.32 Å². The molecule has 4 fully saturated rings. The molecule has 120 valence electrons. The van der Waals surface area contributed by atoms with Crippen LogP contribution in [0.25, 0.3) is 0 Å². The largest absolute Gasteiger partial charge is 0.308 e. The molecule has 21 heavy (non-hydrogen) atoms. The second-order valence-corrected chi connectivity index (χ2v) is 8.65. The Kier molecular flexibility index (Phi) is 4.04. The quantitative estimate of drug-likeness (QED) is 0.850. The summed E-state index contributed by atoms with van der Waals surface area (Å²) in [6, 6.07) is 0.802. The van der Waals surface area contributed by atoms with Crippen LogP contribution in [-0.4, -0.2) is 36.1 Å². The molecule has 4 unspecified atom stereocenters. The highest BCUT2D eigenvalue weighted by Crippen LogP contribution is 2.49. The molecule has 3 aliphatic carbocycles. The highest BCUT2D eigenvalue weighted by molar-refractivity contribution is 5.01. The number of nitrogens with one attached hydrogen (secondary N) is 1. The minimum absolute atomic E-state index is 0.488. The van der Waals surface area contributed by atoms with E-state index in [1.54, 1.807) is 25.7 Å². The van der Waals surface area contributed by atoms with E-state index in [-0.39, 0.29) is 0 Å². The van der Waals surface area contributed by atoms with Crippen molar-refractivity contribution >= 4 is 0 Å². The smallest absolute Gasteiger partial charge is 0.0309 e. The van der Waals surface area contributed by atoms with E-state index in [0.29, 0.717) is 5.54 Å². The average Bonchev–Trinajstić information content (AvgIpc) is 3.11. The Bertz CT molecular complexity index is 361. The van der Waals surface area contributed by atoms with Crippen LogP contribution in [0.2, 0.25) is 0 Å². The van der Waals surface area contributed by atoms with Gasteiger partial charge in [-0.15, -0.1) is 0 Å². The Hall–Kier alpha value is -0.0800. The third-order valence-corrected chi connectivity index (χ3v) is 7.37. The van der Waals surface area contributed by atoms with Crippen LogP contribution in [0, 0.1) is 17.8 Å². The van der Waals surface area contributed by atoms with E-state index in [4.69, 9.17) is 0 Å². The molecule has 1 saturated heterocycles. The fourth-order valence-electron chi connectivity index (χ4n) is 6.12. The van der Waals surface area contributed by atoms with E-state index in [0.717, 1.165) is 23.8 Å². The standard InChI is InChI=1S/C19H34N2/c1-2-18-12-20-19(8-4-3-5-9-19)14-21(18)13-17-11-15-6-7-16(17)10-15/h15-18,20H,2-14H2,1H3. The molecule has 3 saturated carbocycles. The molecule has 2 bridgehead atoms. The Morgan fingerprint density at radius 2 is 1.95 bits per heavy atom. The lowest BCUT2D eigenvalue weighted by Gasteiger charge is -2.50. The Morgan fingerprint density at radius 1 is 1.10 bits per heavy atom. The van der Waals surface area contributed by atoms with Crippen molar-refractivity contribution in [3.05, 3.63) is 0 Å². The molecule has 1 heterocycles. The maximum Gasteiger partial charge on any atom is 0.0309 e. The minimum atomic E-state index is 0.488. The molecule has 1 spiro atoms. The van der Waals surface area contributed by atoms with Gasteiger partial charge in [0, 0.05) is 31.2 Å². The van der Waals surface area contributed by atoms with Crippen LogP contribution >= 0.6 is 0 Å². The molecule has 0 aromatic heterocycles. The van der Waals surface area contributed by atoms with E-state index in [1.807, 2.05) is 0 Å². The van der Waals surface area contributed by atoms with Crippen molar-refractivity contribution in [3.63, 3.8) is 0 Å². The van der Waals surface area contributed by atoms with Crippen LogP contribution in [0.5, 0.6) is 0 Å². The summed E-state index contributed by atoms with van der Waals surface area (Å²) in [7, 11) is 0. The van der Waals surface area contributed by atoms with Crippen molar-refractivity contribution in [2.75, 3.05) is 19.6 Å². The van der Waals surface area contributed by atoms with E-state index in [1.165, 1.54) is 58.2 Å². The Morgan fingerprint density at radius 3 is 2.62 bits per heavy atom. The van der Waals surface area contributed by atoms with Crippen LogP contribution < -0.4 is 5.32 Å². The van der Waals surface area contributed by atoms with Crippen LogP contribution in [0.3, 0.4) is 0 Å². The van der Waals surface area contributed by atoms with Crippen molar-refractivity contribution in [3.8, 4) is 0 Å². The highest BCUT2D eigenvalue weighted by atomic mass is 15.3. The van der Waals surface area contributed by atoms with Crippen molar-refractivity contribution in [2.24, 2.45) is 17.8 Å². The van der Waals surface area contributed by atoms with Crippen molar-refractivity contribution in [1.29, 1.82) is 0 Å². The number of nitrogens with zero attached hydrogens (tertiary/aromatic N) is 1. The number of hydrogen-bond acceptors (Lipinski definition) is 2. The SMILES string of the molecule is CCC1CNC2(CCCCC2)CN1CC1CC2CCC1C2. The Labute approximate surface area is 131 Å². The fourth-order valence-corrected chi connectivity index (χ4v) is 6.12. The summed E-state index contributed by atoms with van der Waals surface area (Å²) in [6.07, 6.45) is 14.8. The molecule has 4 rings (SSSR count).